The van der Waals surface area contributed by atoms with Crippen LogP contribution >= 0.6 is 0 Å². The monoisotopic (exact) mass is 803 g/mol. The van der Waals surface area contributed by atoms with Crippen LogP contribution in [0.15, 0.2) is 249 Å². The van der Waals surface area contributed by atoms with Crippen LogP contribution in [0.4, 0.5) is 17.1 Å². The third kappa shape index (κ3) is 5.93. The van der Waals surface area contributed by atoms with Gasteiger partial charge in [0.05, 0.1) is 22.6 Å². The third-order valence-electron chi connectivity index (χ3n) is 13.0. The number of para-hydroxylation sites is 1. The third-order valence-corrected chi connectivity index (χ3v) is 13.0. The van der Waals surface area contributed by atoms with Crippen molar-refractivity contribution in [3.8, 4) is 39.1 Å². The zero-order chi connectivity index (χ0) is 41.7. The highest BCUT2D eigenvalue weighted by molar-refractivity contribution is 6.09. The molecule has 3 nitrogen and oxygen atoms in total. The van der Waals surface area contributed by atoms with Gasteiger partial charge in [-0.05, 0) is 122 Å². The Bertz CT molecular complexity index is 3330. The molecule has 1 unspecified atom stereocenters. The molecule has 0 aliphatic heterocycles. The van der Waals surface area contributed by atoms with Crippen molar-refractivity contribution >= 4 is 38.9 Å². The second kappa shape index (κ2) is 15.0. The van der Waals surface area contributed by atoms with Crippen molar-refractivity contribution in [3.63, 3.8) is 0 Å². The predicted octanol–water partition coefficient (Wildman–Crippen LogP) is 15.3. The first-order valence-electron chi connectivity index (χ1n) is 21.6. The molecule has 1 aliphatic rings. The molecule has 63 heavy (non-hydrogen) atoms. The molecule has 0 bridgehead atoms. The number of hydrogen-bond donors (Lipinski definition) is 0. The van der Waals surface area contributed by atoms with Crippen LogP contribution in [0.1, 0.15) is 22.3 Å². The van der Waals surface area contributed by atoms with E-state index in [1.165, 1.54) is 66.4 Å². The number of aromatic nitrogens is 2. The molecule has 9 aromatic carbocycles. The van der Waals surface area contributed by atoms with E-state index < -0.39 is 5.41 Å². The lowest BCUT2D eigenvalue weighted by Gasteiger charge is -2.35. The van der Waals surface area contributed by atoms with Crippen molar-refractivity contribution in [1.29, 1.82) is 0 Å². The average Bonchev–Trinajstić information content (AvgIpc) is 3.86. The fourth-order valence-corrected chi connectivity index (χ4v) is 10.2. The highest BCUT2D eigenvalue weighted by Crippen LogP contribution is 2.58. The van der Waals surface area contributed by atoms with E-state index in [1.807, 2.05) is 12.4 Å². The summed E-state index contributed by atoms with van der Waals surface area (Å²) in [5.41, 5.74) is 18.3. The minimum Gasteiger partial charge on any atom is -0.310 e. The van der Waals surface area contributed by atoms with Crippen LogP contribution in [0.25, 0.3) is 60.9 Å². The summed E-state index contributed by atoms with van der Waals surface area (Å²) in [6.07, 6.45) is 3.91. The second-order valence-corrected chi connectivity index (χ2v) is 16.3. The summed E-state index contributed by atoms with van der Waals surface area (Å²) in [4.78, 5) is 7.01. The molecule has 1 aliphatic carbocycles. The van der Waals surface area contributed by atoms with Gasteiger partial charge >= 0.3 is 0 Å². The van der Waals surface area contributed by atoms with E-state index in [1.54, 1.807) is 0 Å². The van der Waals surface area contributed by atoms with E-state index in [-0.39, 0.29) is 0 Å². The van der Waals surface area contributed by atoms with Crippen LogP contribution in [-0.2, 0) is 5.41 Å². The summed E-state index contributed by atoms with van der Waals surface area (Å²) in [7, 11) is 0. The Hall–Kier alpha value is -8.27. The van der Waals surface area contributed by atoms with Gasteiger partial charge in [0.15, 0.2) is 0 Å². The molecule has 0 saturated carbocycles. The van der Waals surface area contributed by atoms with Crippen molar-refractivity contribution in [2.45, 2.75) is 5.41 Å². The molecule has 2 aromatic heterocycles. The van der Waals surface area contributed by atoms with Crippen LogP contribution in [0.3, 0.4) is 0 Å². The fourth-order valence-electron chi connectivity index (χ4n) is 10.2. The predicted molar refractivity (Wildman–Crippen MR) is 261 cm³/mol. The van der Waals surface area contributed by atoms with E-state index in [2.05, 4.69) is 251 Å². The maximum Gasteiger partial charge on any atom is 0.0724 e. The zero-order valence-electron chi connectivity index (χ0n) is 34.5. The van der Waals surface area contributed by atoms with E-state index >= 15 is 0 Å². The number of hydrogen-bond acceptors (Lipinski definition) is 2. The second-order valence-electron chi connectivity index (χ2n) is 16.3. The zero-order valence-corrected chi connectivity index (χ0v) is 34.5. The van der Waals surface area contributed by atoms with Gasteiger partial charge in [-0.1, -0.05) is 170 Å². The Morgan fingerprint density at radius 1 is 0.365 bits per heavy atom. The van der Waals surface area contributed by atoms with E-state index in [9.17, 15) is 0 Å². The minimum absolute atomic E-state index is 0.619. The maximum absolute atomic E-state index is 4.61. The smallest absolute Gasteiger partial charge is 0.0724 e. The normalized spacial score (nSPS) is 14.1. The van der Waals surface area contributed by atoms with E-state index in [0.717, 1.165) is 33.8 Å². The van der Waals surface area contributed by atoms with E-state index in [0.29, 0.717) is 0 Å². The molecular formula is C60H41N3. The summed E-state index contributed by atoms with van der Waals surface area (Å²) < 4.78 is 2.34. The Balaban J connectivity index is 1.09. The molecule has 0 saturated heterocycles. The SMILES string of the molecule is c1ccc(-c2ccc(N(c3ccc(-c4ccccc4)cc3)c3ccc4c(c3)C(c3ccccc3)(c3ccc5c(c3)c3ccncc3n5-c3ccccc3)c3ccccc3-4)cc2)cc1. The van der Waals surface area contributed by atoms with Crippen molar-refractivity contribution in [2.24, 2.45) is 0 Å². The van der Waals surface area contributed by atoms with Crippen LogP contribution in [-0.4, -0.2) is 9.55 Å². The summed E-state index contributed by atoms with van der Waals surface area (Å²) in [5.74, 6) is 0. The van der Waals surface area contributed by atoms with E-state index in [4.69, 9.17) is 0 Å². The molecule has 0 spiro atoms. The Labute approximate surface area is 367 Å². The Kier molecular flexibility index (Phi) is 8.72. The molecule has 0 amide bonds. The van der Waals surface area contributed by atoms with Crippen molar-refractivity contribution in [3.05, 3.63) is 271 Å². The maximum atomic E-state index is 4.61. The molecule has 0 radical (unpaired) electrons. The van der Waals surface area contributed by atoms with Gasteiger partial charge in [-0.3, -0.25) is 4.98 Å². The van der Waals surface area contributed by atoms with Crippen LogP contribution in [0.2, 0.25) is 0 Å². The highest BCUT2D eigenvalue weighted by Gasteiger charge is 2.46. The Morgan fingerprint density at radius 3 is 1.56 bits per heavy atom. The number of anilines is 3. The molecule has 0 N–H and O–H groups in total. The molecule has 12 rings (SSSR count). The van der Waals surface area contributed by atoms with Gasteiger partial charge in [0.1, 0.15) is 0 Å². The average molecular weight is 804 g/mol. The van der Waals surface area contributed by atoms with Gasteiger partial charge in [-0.15, -0.1) is 0 Å². The first kappa shape index (κ1) is 36.6. The van der Waals surface area contributed by atoms with Gasteiger partial charge in [-0.2, -0.15) is 0 Å². The molecule has 296 valence electrons. The van der Waals surface area contributed by atoms with Gasteiger partial charge < -0.3 is 9.47 Å². The van der Waals surface area contributed by atoms with Crippen molar-refractivity contribution in [1.82, 2.24) is 9.55 Å². The molecule has 1 atom stereocenters. The molecule has 11 aromatic rings. The van der Waals surface area contributed by atoms with Gasteiger partial charge in [0, 0.05) is 39.7 Å². The molecular weight excluding hydrogens is 763 g/mol. The minimum atomic E-state index is -0.619. The summed E-state index contributed by atoms with van der Waals surface area (Å²) in [5, 5.41) is 2.38. The molecule has 0 fully saturated rings. The van der Waals surface area contributed by atoms with Crippen LogP contribution < -0.4 is 4.90 Å². The number of nitrogens with zero attached hydrogens (tertiary/aromatic N) is 3. The molecule has 3 heteroatoms. The summed E-state index contributed by atoms with van der Waals surface area (Å²) >= 11 is 0. The highest BCUT2D eigenvalue weighted by atomic mass is 15.1. The van der Waals surface area contributed by atoms with Gasteiger partial charge in [0.2, 0.25) is 0 Å². The summed E-state index contributed by atoms with van der Waals surface area (Å²) in [6, 6.07) is 86.3. The topological polar surface area (TPSA) is 21.1 Å². The Morgan fingerprint density at radius 2 is 0.905 bits per heavy atom. The largest absolute Gasteiger partial charge is 0.310 e. The first-order valence-corrected chi connectivity index (χ1v) is 21.6. The number of fused-ring (bicyclic) bond motifs is 6. The van der Waals surface area contributed by atoms with Crippen LogP contribution in [0, 0.1) is 0 Å². The summed E-state index contributed by atoms with van der Waals surface area (Å²) in [6.45, 7) is 0. The number of benzene rings is 9. The van der Waals surface area contributed by atoms with Crippen molar-refractivity contribution in [2.75, 3.05) is 4.90 Å². The number of rotatable bonds is 8. The van der Waals surface area contributed by atoms with Crippen LogP contribution in [0.5, 0.6) is 0 Å². The van der Waals surface area contributed by atoms with Gasteiger partial charge in [0.25, 0.3) is 0 Å². The number of pyridine rings is 1. The first-order chi connectivity index (χ1) is 31.3. The molecule has 2 heterocycles. The quantitative estimate of drug-likeness (QED) is 0.153. The lowest BCUT2D eigenvalue weighted by Crippen LogP contribution is -2.28. The fraction of sp³-hybridized carbons (Fsp3) is 0.0167. The van der Waals surface area contributed by atoms with Crippen molar-refractivity contribution < 1.29 is 0 Å². The van der Waals surface area contributed by atoms with Gasteiger partial charge in [-0.25, -0.2) is 0 Å². The lowest BCUT2D eigenvalue weighted by molar-refractivity contribution is 0.770. The standard InChI is InChI=1S/C60H41N3/c1-5-15-42(16-6-1)44-25-30-49(31-26-44)62(50-32-27-45(28-33-50)43-17-7-2-8-18-43)51-34-35-53-52-23-13-14-24-56(52)60(57(53)40-51,46-19-9-3-10-20-46)47-29-36-58-55(39-47)54-37-38-61-41-59(54)63(58)48-21-11-4-12-22-48/h1-41H. The lowest BCUT2D eigenvalue weighted by atomic mass is 9.67.